The van der Waals surface area contributed by atoms with E-state index in [0.29, 0.717) is 5.76 Å². The lowest BCUT2D eigenvalue weighted by atomic mass is 9.99. The van der Waals surface area contributed by atoms with E-state index in [1.165, 1.54) is 0 Å². The predicted molar refractivity (Wildman–Crippen MR) is 84.8 cm³/mol. The zero-order chi connectivity index (χ0) is 15.5. The number of hydrogen-bond donors (Lipinski definition) is 0. The Kier molecular flexibility index (Phi) is 4.57. The third kappa shape index (κ3) is 3.06. The molecule has 1 saturated heterocycles. The van der Waals surface area contributed by atoms with Gasteiger partial charge in [0.25, 0.3) is 5.91 Å². The number of carbonyl (C=O) groups excluding carboxylic acids is 1. The van der Waals surface area contributed by atoms with Gasteiger partial charge in [0.1, 0.15) is 17.2 Å². The van der Waals surface area contributed by atoms with Crippen molar-refractivity contribution in [1.82, 2.24) is 10.1 Å². The third-order valence-corrected chi connectivity index (χ3v) is 4.48. The molecule has 0 unspecified atom stereocenters. The second-order valence-electron chi connectivity index (χ2n) is 5.57. The molecule has 1 atom stereocenters. The number of rotatable bonds is 4. The topological polar surface area (TPSA) is 59.5 Å². The molecule has 6 heteroatoms. The molecule has 0 radical (unpaired) electrons. The van der Waals surface area contributed by atoms with Gasteiger partial charge in [0.05, 0.1) is 11.8 Å². The molecule has 5 nitrogen and oxygen atoms in total. The Morgan fingerprint density at radius 3 is 3.05 bits per heavy atom. The quantitative estimate of drug-likeness (QED) is 0.857. The lowest BCUT2D eigenvalue weighted by Gasteiger charge is -2.33. The molecule has 0 spiro atoms. The highest BCUT2D eigenvalue weighted by Crippen LogP contribution is 2.32. The number of thioether (sulfide) groups is 1. The summed E-state index contributed by atoms with van der Waals surface area (Å²) in [6, 6.07) is 5.54. The second kappa shape index (κ2) is 6.60. The molecule has 3 rings (SSSR count). The summed E-state index contributed by atoms with van der Waals surface area (Å²) in [5.74, 6) is 2.74. The van der Waals surface area contributed by atoms with E-state index < -0.39 is 0 Å². The molecule has 0 aromatic carbocycles. The fraction of sp³-hybridized carbons (Fsp3) is 0.500. The smallest absolute Gasteiger partial charge is 0.290 e. The number of furan rings is 1. The number of likely N-dealkylation sites (tertiary alicyclic amines) is 1. The molecule has 3 heterocycles. The lowest BCUT2D eigenvalue weighted by Crippen LogP contribution is -2.38. The van der Waals surface area contributed by atoms with Crippen LogP contribution >= 0.6 is 11.8 Å². The van der Waals surface area contributed by atoms with Gasteiger partial charge in [-0.2, -0.15) is 11.8 Å². The first kappa shape index (κ1) is 15.2. The van der Waals surface area contributed by atoms with Crippen LogP contribution < -0.4 is 0 Å². The zero-order valence-electron chi connectivity index (χ0n) is 12.9. The minimum atomic E-state index is -0.0577. The Morgan fingerprint density at radius 1 is 1.45 bits per heavy atom. The number of nitrogens with zero attached hydrogens (tertiary/aromatic N) is 2. The van der Waals surface area contributed by atoms with E-state index in [4.69, 9.17) is 8.94 Å². The van der Waals surface area contributed by atoms with Gasteiger partial charge >= 0.3 is 0 Å². The van der Waals surface area contributed by atoms with Crippen molar-refractivity contribution >= 4 is 17.7 Å². The van der Waals surface area contributed by atoms with Gasteiger partial charge in [-0.25, -0.2) is 0 Å². The highest BCUT2D eigenvalue weighted by atomic mass is 32.2. The van der Waals surface area contributed by atoms with Crippen LogP contribution in [0.4, 0.5) is 0 Å². The highest BCUT2D eigenvalue weighted by molar-refractivity contribution is 7.97. The van der Waals surface area contributed by atoms with E-state index in [1.807, 2.05) is 30.2 Å². The summed E-state index contributed by atoms with van der Waals surface area (Å²) in [6.45, 7) is 2.60. The number of aromatic nitrogens is 1. The van der Waals surface area contributed by atoms with Gasteiger partial charge < -0.3 is 13.8 Å². The minimum Gasteiger partial charge on any atom is -0.455 e. The first-order valence-electron chi connectivity index (χ1n) is 7.51. The van der Waals surface area contributed by atoms with Gasteiger partial charge in [0.15, 0.2) is 5.76 Å². The Bertz CT molecular complexity index is 649. The Balaban J connectivity index is 1.81. The monoisotopic (exact) mass is 320 g/mol. The zero-order valence-corrected chi connectivity index (χ0v) is 13.7. The average molecular weight is 320 g/mol. The summed E-state index contributed by atoms with van der Waals surface area (Å²) in [6.07, 6.45) is 5.03. The average Bonchev–Trinajstić information content (AvgIpc) is 3.16. The van der Waals surface area contributed by atoms with Crippen molar-refractivity contribution in [1.29, 1.82) is 0 Å². The Labute approximate surface area is 134 Å². The summed E-state index contributed by atoms with van der Waals surface area (Å²) in [5, 5.41) is 4.10. The van der Waals surface area contributed by atoms with Crippen molar-refractivity contribution in [2.45, 2.75) is 38.0 Å². The van der Waals surface area contributed by atoms with Crippen molar-refractivity contribution in [3.05, 3.63) is 41.2 Å². The molecule has 2 aromatic rings. The van der Waals surface area contributed by atoms with Crippen LogP contribution in [0, 0.1) is 6.92 Å². The normalized spacial score (nSPS) is 18.6. The van der Waals surface area contributed by atoms with Gasteiger partial charge in [-0.3, -0.25) is 4.79 Å². The molecule has 0 saturated carbocycles. The van der Waals surface area contributed by atoms with Gasteiger partial charge in [-0.05, 0) is 44.6 Å². The van der Waals surface area contributed by atoms with Crippen LogP contribution in [0.2, 0.25) is 0 Å². The molecule has 1 aliphatic heterocycles. The Hall–Kier alpha value is -1.69. The minimum absolute atomic E-state index is 0.0206. The molecule has 0 bridgehead atoms. The molecule has 2 aromatic heterocycles. The van der Waals surface area contributed by atoms with E-state index >= 15 is 0 Å². The molecular formula is C16H20N2O3S. The number of amides is 1. The first-order valence-corrected chi connectivity index (χ1v) is 8.90. The number of hydrogen-bond acceptors (Lipinski definition) is 5. The fourth-order valence-electron chi connectivity index (χ4n) is 2.88. The van der Waals surface area contributed by atoms with Crippen molar-refractivity contribution < 1.29 is 13.7 Å². The van der Waals surface area contributed by atoms with E-state index in [1.54, 1.807) is 17.8 Å². The number of aryl methyl sites for hydroxylation is 1. The van der Waals surface area contributed by atoms with Crippen LogP contribution in [0.15, 0.2) is 27.1 Å². The molecule has 118 valence electrons. The Morgan fingerprint density at radius 2 is 2.32 bits per heavy atom. The maximum absolute atomic E-state index is 12.8. The standard InChI is InChI=1S/C16H20N2O3S/c1-11-9-13(17-21-11)14-5-3-4-8-18(14)16(19)15-7-6-12(20-15)10-22-2/h6-7,9,14H,3-5,8,10H2,1-2H3/t14-/m0/s1. The van der Waals surface area contributed by atoms with E-state index in [9.17, 15) is 4.79 Å². The molecule has 1 fully saturated rings. The summed E-state index contributed by atoms with van der Waals surface area (Å²) in [7, 11) is 0. The van der Waals surface area contributed by atoms with Crippen LogP contribution in [0.3, 0.4) is 0 Å². The van der Waals surface area contributed by atoms with Gasteiger partial charge in [-0.15, -0.1) is 0 Å². The summed E-state index contributed by atoms with van der Waals surface area (Å²) >= 11 is 1.67. The van der Waals surface area contributed by atoms with Crippen LogP contribution in [-0.4, -0.2) is 28.8 Å². The third-order valence-electron chi connectivity index (χ3n) is 3.91. The predicted octanol–water partition coefficient (Wildman–Crippen LogP) is 3.81. The number of carbonyl (C=O) groups is 1. The van der Waals surface area contributed by atoms with Crippen molar-refractivity contribution in [3.63, 3.8) is 0 Å². The molecular weight excluding hydrogens is 300 g/mol. The summed E-state index contributed by atoms with van der Waals surface area (Å²) in [5.41, 5.74) is 0.835. The van der Waals surface area contributed by atoms with Crippen molar-refractivity contribution in [3.8, 4) is 0 Å². The first-order chi connectivity index (χ1) is 10.7. The van der Waals surface area contributed by atoms with Crippen LogP contribution in [0.25, 0.3) is 0 Å². The maximum atomic E-state index is 12.8. The van der Waals surface area contributed by atoms with Gasteiger partial charge in [-0.1, -0.05) is 5.16 Å². The largest absolute Gasteiger partial charge is 0.455 e. The molecule has 1 aliphatic rings. The molecule has 1 amide bonds. The molecule has 22 heavy (non-hydrogen) atoms. The van der Waals surface area contributed by atoms with Crippen molar-refractivity contribution in [2.24, 2.45) is 0 Å². The number of piperidine rings is 1. The molecule has 0 aliphatic carbocycles. The van der Waals surface area contributed by atoms with E-state index in [0.717, 1.165) is 48.8 Å². The lowest BCUT2D eigenvalue weighted by molar-refractivity contribution is 0.0568. The van der Waals surface area contributed by atoms with Crippen LogP contribution in [0.1, 0.15) is 53.1 Å². The fourth-order valence-corrected chi connectivity index (χ4v) is 3.32. The van der Waals surface area contributed by atoms with E-state index in [-0.39, 0.29) is 11.9 Å². The SMILES string of the molecule is CSCc1ccc(C(=O)N2CCCC[C@H]2c2cc(C)on2)o1. The van der Waals surface area contributed by atoms with Crippen LogP contribution in [0.5, 0.6) is 0 Å². The van der Waals surface area contributed by atoms with E-state index in [2.05, 4.69) is 5.16 Å². The molecule has 0 N–H and O–H groups in total. The van der Waals surface area contributed by atoms with Crippen LogP contribution in [-0.2, 0) is 5.75 Å². The van der Waals surface area contributed by atoms with Gasteiger partial charge in [0.2, 0.25) is 0 Å². The van der Waals surface area contributed by atoms with Gasteiger partial charge in [0, 0.05) is 12.6 Å². The maximum Gasteiger partial charge on any atom is 0.290 e. The summed E-state index contributed by atoms with van der Waals surface area (Å²) < 4.78 is 10.8. The highest BCUT2D eigenvalue weighted by Gasteiger charge is 2.32. The van der Waals surface area contributed by atoms with Crippen molar-refractivity contribution in [2.75, 3.05) is 12.8 Å². The summed E-state index contributed by atoms with van der Waals surface area (Å²) in [4.78, 5) is 14.6. The second-order valence-corrected chi connectivity index (χ2v) is 6.44.